The van der Waals surface area contributed by atoms with Gasteiger partial charge in [-0.25, -0.2) is 9.37 Å². The summed E-state index contributed by atoms with van der Waals surface area (Å²) in [6.07, 6.45) is 1.31. The van der Waals surface area contributed by atoms with Crippen LogP contribution in [0.25, 0.3) is 10.9 Å². The summed E-state index contributed by atoms with van der Waals surface area (Å²) < 4.78 is 12.9. The summed E-state index contributed by atoms with van der Waals surface area (Å²) >= 11 is 0. The third kappa shape index (κ3) is 2.07. The molecule has 0 aliphatic rings. The Hall–Kier alpha value is -2.89. The molecule has 1 heterocycles. The first-order valence-corrected chi connectivity index (χ1v) is 5.93. The largest absolute Gasteiger partial charge is 0.397 e. The van der Waals surface area contributed by atoms with Crippen LogP contribution in [0.2, 0.25) is 0 Å². The number of nitrogens with zero attached hydrogens (tertiary/aromatic N) is 1. The predicted octanol–water partition coefficient (Wildman–Crippen LogP) is 2.39. The molecule has 0 saturated heterocycles. The maximum absolute atomic E-state index is 12.9. The number of rotatable bonds is 2. The first-order chi connectivity index (χ1) is 9.65. The van der Waals surface area contributed by atoms with Gasteiger partial charge in [0.25, 0.3) is 5.56 Å². The van der Waals surface area contributed by atoms with Crippen molar-refractivity contribution in [2.24, 2.45) is 0 Å². The first-order valence-electron chi connectivity index (χ1n) is 5.93. The van der Waals surface area contributed by atoms with Crippen LogP contribution in [0.3, 0.4) is 0 Å². The summed E-state index contributed by atoms with van der Waals surface area (Å²) in [6, 6.07) is 9.21. The molecule has 0 bridgehead atoms. The van der Waals surface area contributed by atoms with Crippen LogP contribution < -0.4 is 16.6 Å². The van der Waals surface area contributed by atoms with E-state index in [0.717, 1.165) is 0 Å². The van der Waals surface area contributed by atoms with Crippen LogP contribution in [0.4, 0.5) is 21.5 Å². The second kappa shape index (κ2) is 4.65. The van der Waals surface area contributed by atoms with Gasteiger partial charge >= 0.3 is 0 Å². The lowest BCUT2D eigenvalue weighted by Crippen LogP contribution is -2.10. The topological polar surface area (TPSA) is 83.8 Å². The molecule has 2 aromatic carbocycles. The maximum Gasteiger partial charge on any atom is 0.260 e. The van der Waals surface area contributed by atoms with Crippen molar-refractivity contribution in [2.45, 2.75) is 0 Å². The molecular weight excluding hydrogens is 259 g/mol. The monoisotopic (exact) mass is 270 g/mol. The summed E-state index contributed by atoms with van der Waals surface area (Å²) in [6.45, 7) is 0. The van der Waals surface area contributed by atoms with E-state index >= 15 is 0 Å². The molecule has 0 unspecified atom stereocenters. The molecule has 0 spiro atoms. The lowest BCUT2D eigenvalue weighted by Gasteiger charge is -2.10. The smallest absolute Gasteiger partial charge is 0.260 e. The van der Waals surface area contributed by atoms with Gasteiger partial charge in [-0.15, -0.1) is 0 Å². The Morgan fingerprint density at radius 2 is 1.90 bits per heavy atom. The average Bonchev–Trinajstić information content (AvgIpc) is 2.45. The molecule has 100 valence electrons. The summed E-state index contributed by atoms with van der Waals surface area (Å²) in [5.74, 6) is -0.322. The molecule has 1 aromatic heterocycles. The van der Waals surface area contributed by atoms with Crippen LogP contribution in [0.15, 0.2) is 47.5 Å². The SMILES string of the molecule is Nc1ccc(Nc2ccc(F)cc2)c2c(=O)[nH]cnc12. The fourth-order valence-corrected chi connectivity index (χ4v) is 2.00. The third-order valence-electron chi connectivity index (χ3n) is 2.95. The Labute approximate surface area is 113 Å². The summed E-state index contributed by atoms with van der Waals surface area (Å²) in [5.41, 5.74) is 7.62. The van der Waals surface area contributed by atoms with Crippen LogP contribution >= 0.6 is 0 Å². The molecule has 0 amide bonds. The van der Waals surface area contributed by atoms with E-state index in [1.165, 1.54) is 18.5 Å². The maximum atomic E-state index is 12.9. The summed E-state index contributed by atoms with van der Waals surface area (Å²) in [7, 11) is 0. The molecule has 3 aromatic rings. The quantitative estimate of drug-likeness (QED) is 0.624. The van der Waals surface area contributed by atoms with Crippen LogP contribution in [-0.2, 0) is 0 Å². The highest BCUT2D eigenvalue weighted by Crippen LogP contribution is 2.26. The molecule has 0 aliphatic carbocycles. The van der Waals surface area contributed by atoms with Crippen molar-refractivity contribution in [2.75, 3.05) is 11.1 Å². The number of benzene rings is 2. The minimum atomic E-state index is -0.322. The molecule has 0 radical (unpaired) electrons. The molecule has 0 saturated carbocycles. The second-order valence-corrected chi connectivity index (χ2v) is 4.29. The first kappa shape index (κ1) is 12.2. The van der Waals surface area contributed by atoms with E-state index in [1.807, 2.05) is 0 Å². The van der Waals surface area contributed by atoms with Crippen molar-refractivity contribution < 1.29 is 4.39 Å². The Morgan fingerprint density at radius 3 is 2.65 bits per heavy atom. The minimum absolute atomic E-state index is 0.285. The normalized spacial score (nSPS) is 10.7. The van der Waals surface area contributed by atoms with Crippen molar-refractivity contribution in [3.05, 3.63) is 58.9 Å². The van der Waals surface area contributed by atoms with Crippen molar-refractivity contribution >= 4 is 28.0 Å². The van der Waals surface area contributed by atoms with Crippen LogP contribution in [0.5, 0.6) is 0 Å². The van der Waals surface area contributed by atoms with Gasteiger partial charge in [-0.05, 0) is 36.4 Å². The van der Waals surface area contributed by atoms with E-state index in [9.17, 15) is 9.18 Å². The highest BCUT2D eigenvalue weighted by molar-refractivity contribution is 5.98. The lowest BCUT2D eigenvalue weighted by molar-refractivity contribution is 0.628. The fourth-order valence-electron chi connectivity index (χ4n) is 2.00. The third-order valence-corrected chi connectivity index (χ3v) is 2.95. The number of aromatic nitrogens is 2. The van der Waals surface area contributed by atoms with E-state index in [2.05, 4.69) is 15.3 Å². The molecule has 20 heavy (non-hydrogen) atoms. The second-order valence-electron chi connectivity index (χ2n) is 4.29. The number of hydrogen-bond acceptors (Lipinski definition) is 4. The van der Waals surface area contributed by atoms with Crippen LogP contribution in [0.1, 0.15) is 0 Å². The van der Waals surface area contributed by atoms with E-state index in [1.54, 1.807) is 24.3 Å². The van der Waals surface area contributed by atoms with E-state index in [0.29, 0.717) is 28.0 Å². The zero-order valence-corrected chi connectivity index (χ0v) is 10.4. The molecule has 0 atom stereocenters. The number of nitrogens with two attached hydrogens (primary N) is 1. The number of nitrogens with one attached hydrogen (secondary N) is 2. The van der Waals surface area contributed by atoms with Crippen molar-refractivity contribution in [3.8, 4) is 0 Å². The zero-order chi connectivity index (χ0) is 14.1. The highest BCUT2D eigenvalue weighted by atomic mass is 19.1. The average molecular weight is 270 g/mol. The Morgan fingerprint density at radius 1 is 1.15 bits per heavy atom. The predicted molar refractivity (Wildman–Crippen MR) is 76.5 cm³/mol. The van der Waals surface area contributed by atoms with Gasteiger partial charge in [0.1, 0.15) is 11.3 Å². The molecule has 0 fully saturated rings. The number of nitrogen functional groups attached to an aromatic ring is 1. The Balaban J connectivity index is 2.15. The number of anilines is 3. The molecule has 6 heteroatoms. The zero-order valence-electron chi connectivity index (χ0n) is 10.4. The van der Waals surface area contributed by atoms with Gasteiger partial charge in [0, 0.05) is 5.69 Å². The molecule has 5 nitrogen and oxygen atoms in total. The number of aromatic amines is 1. The Kier molecular flexibility index (Phi) is 2.83. The number of fused-ring (bicyclic) bond motifs is 1. The number of halogens is 1. The van der Waals surface area contributed by atoms with E-state index in [-0.39, 0.29) is 11.4 Å². The highest BCUT2D eigenvalue weighted by Gasteiger charge is 2.09. The number of H-pyrrole nitrogens is 1. The van der Waals surface area contributed by atoms with Gasteiger partial charge in [0.05, 0.1) is 23.1 Å². The van der Waals surface area contributed by atoms with E-state index in [4.69, 9.17) is 5.73 Å². The molecular formula is C14H11FN4O. The van der Waals surface area contributed by atoms with Crippen molar-refractivity contribution in [3.63, 3.8) is 0 Å². The minimum Gasteiger partial charge on any atom is -0.397 e. The van der Waals surface area contributed by atoms with Crippen molar-refractivity contribution in [1.82, 2.24) is 9.97 Å². The summed E-state index contributed by atoms with van der Waals surface area (Å²) in [5, 5.41) is 3.43. The fraction of sp³-hybridized carbons (Fsp3) is 0. The van der Waals surface area contributed by atoms with Crippen LogP contribution in [0, 0.1) is 5.82 Å². The molecule has 0 aliphatic heterocycles. The van der Waals surface area contributed by atoms with Gasteiger partial charge in [-0.2, -0.15) is 0 Å². The van der Waals surface area contributed by atoms with Gasteiger partial charge in [0.2, 0.25) is 0 Å². The van der Waals surface area contributed by atoms with Crippen LogP contribution in [-0.4, -0.2) is 9.97 Å². The van der Waals surface area contributed by atoms with Crippen molar-refractivity contribution in [1.29, 1.82) is 0 Å². The van der Waals surface area contributed by atoms with Gasteiger partial charge in [-0.1, -0.05) is 0 Å². The Bertz CT molecular complexity index is 827. The standard InChI is InChI=1S/C14H11FN4O/c15-8-1-3-9(4-2-8)19-11-6-5-10(16)13-12(11)14(20)18-7-17-13/h1-7,19H,16H2,(H,17,18,20). The summed E-state index contributed by atoms with van der Waals surface area (Å²) in [4.78, 5) is 18.5. The lowest BCUT2D eigenvalue weighted by atomic mass is 10.1. The molecule has 3 rings (SSSR count). The van der Waals surface area contributed by atoms with Gasteiger partial charge in [-0.3, -0.25) is 4.79 Å². The van der Waals surface area contributed by atoms with E-state index < -0.39 is 0 Å². The molecule has 4 N–H and O–H groups in total. The number of hydrogen-bond donors (Lipinski definition) is 3. The van der Waals surface area contributed by atoms with Gasteiger partial charge in [0.15, 0.2) is 0 Å². The van der Waals surface area contributed by atoms with Gasteiger partial charge < -0.3 is 16.0 Å².